The Hall–Kier alpha value is -0.790. The van der Waals surface area contributed by atoms with Crippen molar-refractivity contribution in [3.8, 4) is 0 Å². The van der Waals surface area contributed by atoms with Gasteiger partial charge in [-0.25, -0.2) is 0 Å². The van der Waals surface area contributed by atoms with Crippen LogP contribution in [0.15, 0.2) is 12.2 Å². The predicted molar refractivity (Wildman–Crippen MR) is 108 cm³/mol. The number of amides is 1. The summed E-state index contributed by atoms with van der Waals surface area (Å²) in [7, 11) is 2.03. The maximum atomic E-state index is 12.3. The van der Waals surface area contributed by atoms with Crippen molar-refractivity contribution < 1.29 is 4.79 Å². The number of nitrogens with zero attached hydrogens (tertiary/aromatic N) is 1. The summed E-state index contributed by atoms with van der Waals surface area (Å²) in [5.74, 6) is 5.21. The van der Waals surface area contributed by atoms with E-state index in [1.54, 1.807) is 0 Å². The van der Waals surface area contributed by atoms with Gasteiger partial charge in [-0.2, -0.15) is 0 Å². The zero-order valence-corrected chi connectivity index (χ0v) is 17.8. The van der Waals surface area contributed by atoms with Gasteiger partial charge in [-0.3, -0.25) is 4.79 Å². The first-order valence-corrected chi connectivity index (χ1v) is 11.2. The smallest absolute Gasteiger partial charge is 0.246 e. The van der Waals surface area contributed by atoms with Crippen LogP contribution in [-0.4, -0.2) is 23.9 Å². The van der Waals surface area contributed by atoms with Gasteiger partial charge in [0.2, 0.25) is 5.91 Å². The minimum absolute atomic E-state index is 0.176. The van der Waals surface area contributed by atoms with Crippen molar-refractivity contribution in [3.63, 3.8) is 0 Å². The first kappa shape index (κ1) is 18.6. The number of carbonyl (C=O) groups is 1. The van der Waals surface area contributed by atoms with Crippen LogP contribution in [0.5, 0.6) is 0 Å². The molecule has 0 radical (unpaired) electrons. The Morgan fingerprint density at radius 1 is 1.23 bits per heavy atom. The lowest BCUT2D eigenvalue weighted by molar-refractivity contribution is -0.145. The monoisotopic (exact) mass is 357 g/mol. The van der Waals surface area contributed by atoms with Gasteiger partial charge in [-0.15, -0.1) is 0 Å². The van der Waals surface area contributed by atoms with Crippen LogP contribution in [-0.2, 0) is 4.79 Å². The van der Waals surface area contributed by atoms with Gasteiger partial charge in [-0.05, 0) is 79.1 Å². The standard InChI is InChI=1S/C24H39NO/c1-7-15(2)17-8-9-18-22-16(3)14-20-24(5,13-11-21(26)25(20)6)19(22)10-12-23(17,18)4/h11,13,15-20,22H,7-10,12,14H2,1-6H3/t15?,16?,17-,18+,19+,20?,22+,23-,24-/m1/s1. The van der Waals surface area contributed by atoms with Gasteiger partial charge in [0.15, 0.2) is 0 Å². The summed E-state index contributed by atoms with van der Waals surface area (Å²) in [6.07, 6.45) is 12.3. The first-order valence-electron chi connectivity index (χ1n) is 11.2. The quantitative estimate of drug-likeness (QED) is 0.636. The molecular weight excluding hydrogens is 318 g/mol. The maximum absolute atomic E-state index is 12.3. The minimum atomic E-state index is 0.176. The van der Waals surface area contributed by atoms with Crippen LogP contribution in [0.2, 0.25) is 0 Å². The van der Waals surface area contributed by atoms with E-state index in [1.807, 2.05) is 13.1 Å². The maximum Gasteiger partial charge on any atom is 0.246 e. The van der Waals surface area contributed by atoms with Crippen LogP contribution in [0.1, 0.15) is 73.1 Å². The second kappa shape index (κ2) is 6.11. The summed E-state index contributed by atoms with van der Waals surface area (Å²) < 4.78 is 0. The zero-order chi connectivity index (χ0) is 18.9. The molecule has 0 N–H and O–H groups in total. The van der Waals surface area contributed by atoms with Crippen LogP contribution in [0.25, 0.3) is 0 Å². The Kier molecular flexibility index (Phi) is 4.36. The Bertz CT molecular complexity index is 611. The normalized spacial score (nSPS) is 51.6. The van der Waals surface area contributed by atoms with Gasteiger partial charge >= 0.3 is 0 Å². The van der Waals surface area contributed by atoms with E-state index in [0.717, 1.165) is 35.5 Å². The molecule has 4 rings (SSSR count). The number of hydrogen-bond acceptors (Lipinski definition) is 1. The summed E-state index contributed by atoms with van der Waals surface area (Å²) in [6.45, 7) is 12.5. The third kappa shape index (κ3) is 2.32. The van der Waals surface area contributed by atoms with E-state index in [-0.39, 0.29) is 11.3 Å². The number of hydrogen-bond donors (Lipinski definition) is 0. The van der Waals surface area contributed by atoms with Crippen molar-refractivity contribution in [2.45, 2.75) is 79.2 Å². The molecule has 0 spiro atoms. The molecule has 0 bridgehead atoms. The molecule has 9 atom stereocenters. The third-order valence-corrected chi connectivity index (χ3v) is 9.91. The molecule has 3 aliphatic carbocycles. The second-order valence-electron chi connectivity index (χ2n) is 10.8. The SMILES string of the molecule is CCC(C)[C@H]1CC[C@H]2[C@@H]3C(C)CC4N(C)C(=O)C=C[C@]4(C)[C@H]3CC[C@]12C. The molecule has 3 saturated carbocycles. The van der Waals surface area contributed by atoms with Crippen molar-refractivity contribution >= 4 is 5.91 Å². The second-order valence-corrected chi connectivity index (χ2v) is 10.8. The van der Waals surface area contributed by atoms with Crippen molar-refractivity contribution in [1.82, 2.24) is 4.90 Å². The van der Waals surface area contributed by atoms with Crippen LogP contribution in [0, 0.1) is 46.3 Å². The molecule has 2 nitrogen and oxygen atoms in total. The summed E-state index contributed by atoms with van der Waals surface area (Å²) >= 11 is 0. The molecule has 3 fully saturated rings. The van der Waals surface area contributed by atoms with Gasteiger partial charge in [0.1, 0.15) is 0 Å². The molecular formula is C24H39NO. The molecule has 1 aliphatic heterocycles. The fourth-order valence-electron chi connectivity index (χ4n) is 8.32. The zero-order valence-electron chi connectivity index (χ0n) is 17.8. The van der Waals surface area contributed by atoms with E-state index < -0.39 is 0 Å². The molecule has 26 heavy (non-hydrogen) atoms. The molecule has 0 aromatic heterocycles. The summed E-state index contributed by atoms with van der Waals surface area (Å²) in [6, 6.07) is 0.396. The molecule has 3 unspecified atom stereocenters. The largest absolute Gasteiger partial charge is 0.338 e. The molecule has 4 aliphatic rings. The van der Waals surface area contributed by atoms with Crippen LogP contribution in [0.4, 0.5) is 0 Å². The minimum Gasteiger partial charge on any atom is -0.338 e. The topological polar surface area (TPSA) is 20.3 Å². The highest BCUT2D eigenvalue weighted by atomic mass is 16.2. The van der Waals surface area contributed by atoms with E-state index in [0.29, 0.717) is 11.5 Å². The van der Waals surface area contributed by atoms with Gasteiger partial charge in [-0.1, -0.05) is 47.1 Å². The summed E-state index contributed by atoms with van der Waals surface area (Å²) in [5.41, 5.74) is 0.726. The highest BCUT2D eigenvalue weighted by Crippen LogP contribution is 2.67. The van der Waals surface area contributed by atoms with E-state index in [1.165, 1.54) is 38.5 Å². The van der Waals surface area contributed by atoms with Crippen LogP contribution < -0.4 is 0 Å². The molecule has 0 saturated heterocycles. The molecule has 2 heteroatoms. The van der Waals surface area contributed by atoms with Gasteiger partial charge in [0.05, 0.1) is 0 Å². The fourth-order valence-corrected chi connectivity index (χ4v) is 8.32. The van der Waals surface area contributed by atoms with Gasteiger partial charge in [0, 0.05) is 18.5 Å². The molecule has 0 aromatic rings. The van der Waals surface area contributed by atoms with E-state index in [2.05, 4.69) is 45.6 Å². The predicted octanol–water partition coefficient (Wildman–Crippen LogP) is 5.53. The van der Waals surface area contributed by atoms with E-state index >= 15 is 0 Å². The first-order chi connectivity index (χ1) is 12.2. The molecule has 0 aromatic carbocycles. The Morgan fingerprint density at radius 3 is 2.65 bits per heavy atom. The van der Waals surface area contributed by atoms with Crippen molar-refractivity contribution in [3.05, 3.63) is 12.2 Å². The highest BCUT2D eigenvalue weighted by molar-refractivity contribution is 5.89. The van der Waals surface area contributed by atoms with Gasteiger partial charge in [0.25, 0.3) is 0 Å². The lowest BCUT2D eigenvalue weighted by atomic mass is 9.45. The highest BCUT2D eigenvalue weighted by Gasteiger charge is 2.62. The average Bonchev–Trinajstić information content (AvgIpc) is 2.97. The number of rotatable bonds is 2. The molecule has 1 amide bonds. The molecule has 146 valence electrons. The average molecular weight is 358 g/mol. The van der Waals surface area contributed by atoms with E-state index in [4.69, 9.17) is 0 Å². The number of carbonyl (C=O) groups excluding carboxylic acids is 1. The molecule has 1 heterocycles. The van der Waals surface area contributed by atoms with Crippen molar-refractivity contribution in [1.29, 1.82) is 0 Å². The Morgan fingerprint density at radius 2 is 1.96 bits per heavy atom. The lowest BCUT2D eigenvalue weighted by Gasteiger charge is -2.62. The van der Waals surface area contributed by atoms with Gasteiger partial charge < -0.3 is 4.90 Å². The number of fused-ring (bicyclic) bond motifs is 5. The lowest BCUT2D eigenvalue weighted by Crippen LogP contribution is -2.61. The Balaban J connectivity index is 1.69. The fraction of sp³-hybridized carbons (Fsp3) is 0.875. The van der Waals surface area contributed by atoms with E-state index in [9.17, 15) is 4.79 Å². The van der Waals surface area contributed by atoms with Crippen molar-refractivity contribution in [2.24, 2.45) is 46.3 Å². The number of likely N-dealkylation sites (N-methyl/N-ethyl adjacent to an activating group) is 1. The summed E-state index contributed by atoms with van der Waals surface area (Å²) in [4.78, 5) is 14.3. The van der Waals surface area contributed by atoms with Crippen LogP contribution >= 0.6 is 0 Å². The summed E-state index contributed by atoms with van der Waals surface area (Å²) in [5, 5.41) is 0. The van der Waals surface area contributed by atoms with Crippen LogP contribution in [0.3, 0.4) is 0 Å². The Labute approximate surface area is 160 Å². The third-order valence-electron chi connectivity index (χ3n) is 9.91. The van der Waals surface area contributed by atoms with Crippen molar-refractivity contribution in [2.75, 3.05) is 7.05 Å².